The van der Waals surface area contributed by atoms with E-state index in [1.54, 1.807) is 12.1 Å². The van der Waals surface area contributed by atoms with Crippen LogP contribution in [0.3, 0.4) is 0 Å². The number of hydrogen-bond donors (Lipinski definition) is 2. The fraction of sp³-hybridized carbons (Fsp3) is 0.200. The van der Waals surface area contributed by atoms with Gasteiger partial charge in [-0.2, -0.15) is 0 Å². The van der Waals surface area contributed by atoms with Crippen molar-refractivity contribution in [3.63, 3.8) is 0 Å². The molecular weight excluding hydrogens is 227 g/mol. The van der Waals surface area contributed by atoms with E-state index >= 15 is 0 Å². The monoisotopic (exact) mass is 244 g/mol. The van der Waals surface area contributed by atoms with Crippen LogP contribution >= 0.6 is 0 Å². The average molecular weight is 244 g/mol. The molecule has 2 rings (SSSR count). The van der Waals surface area contributed by atoms with Crippen LogP contribution in [0.4, 0.5) is 15.8 Å². The molecule has 18 heavy (non-hydrogen) atoms. The van der Waals surface area contributed by atoms with E-state index in [1.807, 2.05) is 12.1 Å². The van der Waals surface area contributed by atoms with Gasteiger partial charge in [0.2, 0.25) is 0 Å². The summed E-state index contributed by atoms with van der Waals surface area (Å²) in [5, 5.41) is 3.09. The number of anilines is 2. The number of halogens is 1. The first kappa shape index (κ1) is 12.4. The zero-order valence-corrected chi connectivity index (χ0v) is 10.4. The Kier molecular flexibility index (Phi) is 3.82. The van der Waals surface area contributed by atoms with Crippen molar-refractivity contribution < 1.29 is 4.39 Å². The summed E-state index contributed by atoms with van der Waals surface area (Å²) in [6.45, 7) is 2.78. The molecule has 0 heterocycles. The number of hydrogen-bond acceptors (Lipinski definition) is 2. The van der Waals surface area contributed by atoms with Crippen molar-refractivity contribution in [2.75, 3.05) is 17.6 Å². The predicted molar refractivity (Wildman–Crippen MR) is 74.2 cm³/mol. The SMILES string of the molecule is Cc1ccccc1CCNc1ccc(N)cc1F. The van der Waals surface area contributed by atoms with E-state index in [2.05, 4.69) is 24.4 Å². The summed E-state index contributed by atoms with van der Waals surface area (Å²) in [6.07, 6.45) is 0.872. The highest BCUT2D eigenvalue weighted by Gasteiger charge is 2.02. The van der Waals surface area contributed by atoms with E-state index < -0.39 is 0 Å². The molecule has 0 atom stereocenters. The van der Waals surface area contributed by atoms with Crippen LogP contribution < -0.4 is 11.1 Å². The van der Waals surface area contributed by atoms with Crippen LogP contribution in [0, 0.1) is 12.7 Å². The number of nitrogen functional groups attached to an aromatic ring is 1. The molecule has 3 N–H and O–H groups in total. The number of rotatable bonds is 4. The van der Waals surface area contributed by atoms with Crippen LogP contribution in [0.2, 0.25) is 0 Å². The standard InChI is InChI=1S/C15H17FN2/c1-11-4-2-3-5-12(11)8-9-18-15-7-6-13(17)10-14(15)16/h2-7,10,18H,8-9,17H2,1H3. The summed E-state index contributed by atoms with van der Waals surface area (Å²) in [5.74, 6) is -0.306. The quantitative estimate of drug-likeness (QED) is 0.809. The molecular formula is C15H17FN2. The van der Waals surface area contributed by atoms with Crippen molar-refractivity contribution in [1.82, 2.24) is 0 Å². The van der Waals surface area contributed by atoms with Crippen molar-refractivity contribution in [3.05, 3.63) is 59.4 Å². The molecule has 0 aromatic heterocycles. The molecule has 2 aromatic carbocycles. The Morgan fingerprint density at radius 1 is 1.17 bits per heavy atom. The van der Waals surface area contributed by atoms with Gasteiger partial charge in [-0.05, 0) is 42.7 Å². The number of aryl methyl sites for hydroxylation is 1. The molecule has 0 spiro atoms. The first-order chi connectivity index (χ1) is 8.66. The minimum Gasteiger partial charge on any atom is -0.399 e. The molecule has 3 heteroatoms. The van der Waals surface area contributed by atoms with Crippen LogP contribution in [0.1, 0.15) is 11.1 Å². The van der Waals surface area contributed by atoms with Gasteiger partial charge in [0.05, 0.1) is 5.69 Å². The summed E-state index contributed by atoms with van der Waals surface area (Å²) in [4.78, 5) is 0. The molecule has 0 radical (unpaired) electrons. The van der Waals surface area contributed by atoms with Gasteiger partial charge in [0.15, 0.2) is 0 Å². The molecule has 0 fully saturated rings. The van der Waals surface area contributed by atoms with Crippen molar-refractivity contribution in [2.24, 2.45) is 0 Å². The second-order valence-corrected chi connectivity index (χ2v) is 4.34. The van der Waals surface area contributed by atoms with E-state index in [0.29, 0.717) is 17.9 Å². The average Bonchev–Trinajstić information content (AvgIpc) is 2.34. The zero-order valence-electron chi connectivity index (χ0n) is 10.4. The molecule has 0 aliphatic carbocycles. The number of benzene rings is 2. The lowest BCUT2D eigenvalue weighted by molar-refractivity contribution is 0.631. The molecule has 0 amide bonds. The minimum absolute atomic E-state index is 0.306. The van der Waals surface area contributed by atoms with Crippen LogP contribution in [0.5, 0.6) is 0 Å². The summed E-state index contributed by atoms with van der Waals surface area (Å²) < 4.78 is 13.5. The van der Waals surface area contributed by atoms with Crippen LogP contribution in [-0.2, 0) is 6.42 Å². The highest BCUT2D eigenvalue weighted by atomic mass is 19.1. The van der Waals surface area contributed by atoms with Gasteiger partial charge in [-0.15, -0.1) is 0 Å². The molecule has 94 valence electrons. The van der Waals surface area contributed by atoms with Gasteiger partial charge in [-0.1, -0.05) is 24.3 Å². The molecule has 0 bridgehead atoms. The maximum absolute atomic E-state index is 13.5. The fourth-order valence-corrected chi connectivity index (χ4v) is 1.90. The maximum atomic E-state index is 13.5. The van der Waals surface area contributed by atoms with Crippen molar-refractivity contribution in [3.8, 4) is 0 Å². The predicted octanol–water partition coefficient (Wildman–Crippen LogP) is 3.37. The third-order valence-corrected chi connectivity index (χ3v) is 2.96. The second kappa shape index (κ2) is 5.54. The Balaban J connectivity index is 1.95. The Morgan fingerprint density at radius 2 is 1.94 bits per heavy atom. The molecule has 0 aliphatic rings. The van der Waals surface area contributed by atoms with Crippen LogP contribution in [0.15, 0.2) is 42.5 Å². The van der Waals surface area contributed by atoms with E-state index in [9.17, 15) is 4.39 Å². The molecule has 2 nitrogen and oxygen atoms in total. The Morgan fingerprint density at radius 3 is 2.67 bits per heavy atom. The van der Waals surface area contributed by atoms with Crippen LogP contribution in [-0.4, -0.2) is 6.54 Å². The molecule has 0 unspecified atom stereocenters. The van der Waals surface area contributed by atoms with Gasteiger partial charge in [-0.3, -0.25) is 0 Å². The first-order valence-electron chi connectivity index (χ1n) is 6.00. The Hall–Kier alpha value is -2.03. The van der Waals surface area contributed by atoms with Crippen LogP contribution in [0.25, 0.3) is 0 Å². The van der Waals surface area contributed by atoms with E-state index in [-0.39, 0.29) is 5.82 Å². The normalized spacial score (nSPS) is 10.3. The third kappa shape index (κ3) is 3.00. The fourth-order valence-electron chi connectivity index (χ4n) is 1.90. The van der Waals surface area contributed by atoms with Gasteiger partial charge in [0.1, 0.15) is 5.82 Å². The zero-order chi connectivity index (χ0) is 13.0. The van der Waals surface area contributed by atoms with Gasteiger partial charge in [-0.25, -0.2) is 4.39 Å². The Labute approximate surface area is 107 Å². The lowest BCUT2D eigenvalue weighted by Crippen LogP contribution is -2.07. The Bertz CT molecular complexity index is 538. The largest absolute Gasteiger partial charge is 0.399 e. The molecule has 0 saturated carbocycles. The molecule has 0 aliphatic heterocycles. The molecule has 0 saturated heterocycles. The number of nitrogens with two attached hydrogens (primary N) is 1. The molecule has 2 aromatic rings. The van der Waals surface area contributed by atoms with Gasteiger partial charge >= 0.3 is 0 Å². The van der Waals surface area contributed by atoms with E-state index in [1.165, 1.54) is 17.2 Å². The summed E-state index contributed by atoms with van der Waals surface area (Å²) >= 11 is 0. The second-order valence-electron chi connectivity index (χ2n) is 4.34. The summed E-state index contributed by atoms with van der Waals surface area (Å²) in [6, 6.07) is 12.9. The lowest BCUT2D eigenvalue weighted by Gasteiger charge is -2.09. The van der Waals surface area contributed by atoms with Crippen molar-refractivity contribution >= 4 is 11.4 Å². The van der Waals surface area contributed by atoms with E-state index in [0.717, 1.165) is 6.42 Å². The smallest absolute Gasteiger partial charge is 0.148 e. The highest BCUT2D eigenvalue weighted by Crippen LogP contribution is 2.17. The highest BCUT2D eigenvalue weighted by molar-refractivity contribution is 5.52. The van der Waals surface area contributed by atoms with Gasteiger partial charge in [0, 0.05) is 12.2 Å². The maximum Gasteiger partial charge on any atom is 0.148 e. The van der Waals surface area contributed by atoms with E-state index in [4.69, 9.17) is 5.73 Å². The number of nitrogens with one attached hydrogen (secondary N) is 1. The van der Waals surface area contributed by atoms with Gasteiger partial charge < -0.3 is 11.1 Å². The lowest BCUT2D eigenvalue weighted by atomic mass is 10.1. The topological polar surface area (TPSA) is 38.0 Å². The van der Waals surface area contributed by atoms with Crippen molar-refractivity contribution in [2.45, 2.75) is 13.3 Å². The summed E-state index contributed by atoms with van der Waals surface area (Å²) in [5.41, 5.74) is 8.98. The summed E-state index contributed by atoms with van der Waals surface area (Å²) in [7, 11) is 0. The first-order valence-corrected chi connectivity index (χ1v) is 6.00. The van der Waals surface area contributed by atoms with Gasteiger partial charge in [0.25, 0.3) is 0 Å². The third-order valence-electron chi connectivity index (χ3n) is 2.96. The van der Waals surface area contributed by atoms with Crippen molar-refractivity contribution in [1.29, 1.82) is 0 Å². The minimum atomic E-state index is -0.306.